The monoisotopic (exact) mass is 531 g/mol. The fourth-order valence-corrected chi connectivity index (χ4v) is 3.46. The highest BCUT2D eigenvalue weighted by molar-refractivity contribution is 6.12. The van der Waals surface area contributed by atoms with Gasteiger partial charge in [-0.25, -0.2) is 0 Å². The van der Waals surface area contributed by atoms with Crippen LogP contribution in [0.3, 0.4) is 0 Å². The molecule has 0 aliphatic carbocycles. The Morgan fingerprint density at radius 1 is 0.757 bits per heavy atom. The summed E-state index contributed by atoms with van der Waals surface area (Å²) in [6, 6.07) is 0. The molecule has 0 atom stereocenters. The first-order valence-electron chi connectivity index (χ1n) is 11.4. The molecule has 208 valence electrons. The van der Waals surface area contributed by atoms with Crippen LogP contribution >= 0.6 is 0 Å². The third-order valence-electron chi connectivity index (χ3n) is 5.11. The fraction of sp³-hybridized carbons (Fsp3) is 0.619. The Kier molecular flexibility index (Phi) is 13.9. The second kappa shape index (κ2) is 16.3. The summed E-state index contributed by atoms with van der Waals surface area (Å²) in [5, 5.41) is 48.4. The van der Waals surface area contributed by atoms with Gasteiger partial charge in [-0.1, -0.05) is 0 Å². The van der Waals surface area contributed by atoms with E-state index in [2.05, 4.69) is 5.32 Å². The van der Waals surface area contributed by atoms with Gasteiger partial charge in [0, 0.05) is 58.0 Å². The van der Waals surface area contributed by atoms with Gasteiger partial charge in [-0.3, -0.25) is 48.4 Å². The van der Waals surface area contributed by atoms with Crippen LogP contribution in [0.4, 0.5) is 0 Å². The van der Waals surface area contributed by atoms with E-state index in [9.17, 15) is 44.1 Å². The third kappa shape index (κ3) is 14.0. The first-order chi connectivity index (χ1) is 17.4. The van der Waals surface area contributed by atoms with Crippen LogP contribution in [0.1, 0.15) is 6.42 Å². The highest BCUT2D eigenvalue weighted by Gasteiger charge is 2.23. The largest absolute Gasteiger partial charge is 0.480 e. The zero-order valence-corrected chi connectivity index (χ0v) is 20.2. The lowest BCUT2D eigenvalue weighted by molar-refractivity contribution is -0.143. The predicted octanol–water partition coefficient (Wildman–Crippen LogP) is -4.11. The average Bonchev–Trinajstić information content (AvgIpc) is 3.08. The zero-order valence-electron chi connectivity index (χ0n) is 20.2. The van der Waals surface area contributed by atoms with Gasteiger partial charge in [0.25, 0.3) is 11.8 Å². The van der Waals surface area contributed by atoms with E-state index in [1.54, 1.807) is 0 Å². The van der Waals surface area contributed by atoms with Gasteiger partial charge in [-0.2, -0.15) is 0 Å². The van der Waals surface area contributed by atoms with Gasteiger partial charge in [-0.05, 0) is 6.42 Å². The van der Waals surface area contributed by atoms with Crippen LogP contribution in [-0.2, 0) is 28.8 Å². The van der Waals surface area contributed by atoms with Gasteiger partial charge in [0.1, 0.15) is 0 Å². The van der Waals surface area contributed by atoms with E-state index in [1.165, 1.54) is 9.80 Å². The van der Waals surface area contributed by atoms with Gasteiger partial charge >= 0.3 is 17.9 Å². The predicted molar refractivity (Wildman–Crippen MR) is 124 cm³/mol. The molecule has 0 radical (unpaired) electrons. The minimum Gasteiger partial charge on any atom is -0.480 e. The van der Waals surface area contributed by atoms with Gasteiger partial charge in [0.2, 0.25) is 5.91 Å². The van der Waals surface area contributed by atoms with Crippen LogP contribution in [0.15, 0.2) is 12.2 Å². The molecule has 16 heteroatoms. The van der Waals surface area contributed by atoms with Crippen molar-refractivity contribution in [2.45, 2.75) is 12.7 Å². The first-order valence-corrected chi connectivity index (χ1v) is 11.4. The van der Waals surface area contributed by atoms with Crippen molar-refractivity contribution in [1.29, 1.82) is 0 Å². The summed E-state index contributed by atoms with van der Waals surface area (Å²) in [7, 11) is 0. The molecule has 0 aromatic heterocycles. The van der Waals surface area contributed by atoms with Gasteiger partial charge in [0.15, 0.2) is 6.29 Å². The highest BCUT2D eigenvalue weighted by Crippen LogP contribution is 2.03. The number of aliphatic hydroxyl groups excluding tert-OH is 1. The Morgan fingerprint density at radius 3 is 1.70 bits per heavy atom. The van der Waals surface area contributed by atoms with Crippen LogP contribution in [0, 0.1) is 0 Å². The molecule has 0 fully saturated rings. The summed E-state index contributed by atoms with van der Waals surface area (Å²) < 4.78 is 0. The van der Waals surface area contributed by atoms with Crippen molar-refractivity contribution in [1.82, 2.24) is 24.9 Å². The molecule has 0 saturated carbocycles. The number of nitrogens with zero attached hydrogens (tertiary/aromatic N) is 4. The molecular weight excluding hydrogens is 498 g/mol. The number of carboxylic acids is 3. The van der Waals surface area contributed by atoms with E-state index in [1.807, 2.05) is 0 Å². The Hall–Kier alpha value is -3.44. The molecule has 1 heterocycles. The number of carboxylic acid groups (broad SMARTS) is 3. The summed E-state index contributed by atoms with van der Waals surface area (Å²) in [4.78, 5) is 73.4. The first kappa shape index (κ1) is 31.6. The molecule has 0 aromatic carbocycles. The minimum atomic E-state index is -1.78. The van der Waals surface area contributed by atoms with Crippen molar-refractivity contribution in [2.75, 3.05) is 72.0 Å². The van der Waals surface area contributed by atoms with Crippen LogP contribution in [-0.4, -0.2) is 159 Å². The normalized spacial score (nSPS) is 13.4. The van der Waals surface area contributed by atoms with Gasteiger partial charge in [0.05, 0.1) is 26.2 Å². The van der Waals surface area contributed by atoms with Gasteiger partial charge in [-0.15, -0.1) is 0 Å². The Labute approximate surface area is 212 Å². The topological polar surface area (TPSA) is 229 Å². The number of carbonyl (C=O) groups excluding carboxylic acids is 3. The number of amides is 3. The molecule has 37 heavy (non-hydrogen) atoms. The highest BCUT2D eigenvalue weighted by atomic mass is 16.5. The molecular formula is C21H33N5O11. The van der Waals surface area contributed by atoms with Gasteiger partial charge < -0.3 is 30.8 Å². The van der Waals surface area contributed by atoms with E-state index < -0.39 is 61.6 Å². The number of hydrogen-bond donors (Lipinski definition) is 6. The van der Waals surface area contributed by atoms with Crippen molar-refractivity contribution in [3.63, 3.8) is 0 Å². The van der Waals surface area contributed by atoms with Crippen molar-refractivity contribution in [3.05, 3.63) is 12.2 Å². The minimum absolute atomic E-state index is 0.0113. The molecule has 1 rings (SSSR count). The molecule has 1 aliphatic heterocycles. The number of rotatable bonds is 20. The van der Waals surface area contributed by atoms with Crippen molar-refractivity contribution >= 4 is 35.6 Å². The van der Waals surface area contributed by atoms with Crippen molar-refractivity contribution in [3.8, 4) is 0 Å². The lowest BCUT2D eigenvalue weighted by Crippen LogP contribution is -2.47. The summed E-state index contributed by atoms with van der Waals surface area (Å²) >= 11 is 0. The molecule has 0 unspecified atom stereocenters. The number of hydrogen-bond acceptors (Lipinski definition) is 11. The Morgan fingerprint density at radius 2 is 1.22 bits per heavy atom. The maximum absolute atomic E-state index is 12.3. The standard InChI is InChI=1S/C21H33N5O11/c27-15(22-4-1-5-26-16(28)2-3-17(26)29)10-24(12-19(32)33)8-6-23(11-18(30)31)7-9-25(13-20(34)35)14-21(36)37/h2-3,19,32-33H,1,4-14H2,(H,22,27)(H,30,31)(H,34,35)(H,36,37). The van der Waals surface area contributed by atoms with Crippen LogP contribution in [0.25, 0.3) is 0 Å². The molecule has 0 saturated heterocycles. The maximum Gasteiger partial charge on any atom is 0.317 e. The van der Waals surface area contributed by atoms with Crippen molar-refractivity contribution in [2.24, 2.45) is 0 Å². The molecule has 0 spiro atoms. The number of imide groups is 1. The quantitative estimate of drug-likeness (QED) is 0.0498. The lowest BCUT2D eigenvalue weighted by atomic mass is 10.3. The van der Waals surface area contributed by atoms with Crippen LogP contribution in [0.2, 0.25) is 0 Å². The van der Waals surface area contributed by atoms with E-state index in [0.29, 0.717) is 6.42 Å². The smallest absolute Gasteiger partial charge is 0.317 e. The summed E-state index contributed by atoms with van der Waals surface area (Å²) in [6.45, 7) is -1.80. The van der Waals surface area contributed by atoms with Crippen LogP contribution < -0.4 is 5.32 Å². The Bertz CT molecular complexity index is 830. The molecule has 1 aliphatic rings. The van der Waals surface area contributed by atoms with E-state index in [0.717, 1.165) is 22.0 Å². The number of aliphatic carboxylic acids is 3. The molecule has 3 amide bonds. The van der Waals surface area contributed by atoms with Crippen molar-refractivity contribution < 1.29 is 54.3 Å². The molecule has 0 bridgehead atoms. The number of carbonyl (C=O) groups is 6. The number of aliphatic hydroxyl groups is 2. The summed E-state index contributed by atoms with van der Waals surface area (Å²) in [6.07, 6.45) is 0.843. The number of nitrogens with one attached hydrogen (secondary N) is 1. The Balaban J connectivity index is 2.59. The molecule has 16 nitrogen and oxygen atoms in total. The SMILES string of the molecule is O=C(O)CN(CCN(CC(=O)O)CC(=O)O)CCN(CC(=O)NCCCN1C(=O)C=CC1=O)CC(O)O. The third-order valence-corrected chi connectivity index (χ3v) is 5.11. The summed E-state index contributed by atoms with van der Waals surface area (Å²) in [5.41, 5.74) is 0. The summed E-state index contributed by atoms with van der Waals surface area (Å²) in [5.74, 6) is -5.00. The second-order valence-electron chi connectivity index (χ2n) is 8.25. The average molecular weight is 532 g/mol. The van der Waals surface area contributed by atoms with Crippen LogP contribution in [0.5, 0.6) is 0 Å². The van der Waals surface area contributed by atoms with E-state index in [4.69, 9.17) is 10.2 Å². The zero-order chi connectivity index (χ0) is 28.0. The molecule has 6 N–H and O–H groups in total. The molecule has 0 aromatic rings. The fourth-order valence-electron chi connectivity index (χ4n) is 3.46. The maximum atomic E-state index is 12.3. The van der Waals surface area contributed by atoms with E-state index in [-0.39, 0.29) is 52.4 Å². The van der Waals surface area contributed by atoms with E-state index >= 15 is 0 Å². The second-order valence-corrected chi connectivity index (χ2v) is 8.25. The lowest BCUT2D eigenvalue weighted by Gasteiger charge is -2.28.